The van der Waals surface area contributed by atoms with Gasteiger partial charge in [-0.2, -0.15) is 0 Å². The number of para-hydroxylation sites is 1. The van der Waals surface area contributed by atoms with Gasteiger partial charge in [0.05, 0.1) is 0 Å². The highest BCUT2D eigenvalue weighted by Crippen LogP contribution is 2.35. The SMILES string of the molecule is CC(C)(C)C(CN)CC1Cc2ccccc2O1. The number of fused-ring (bicyclic) bond motifs is 1. The first-order valence-corrected chi connectivity index (χ1v) is 6.45. The Kier molecular flexibility index (Phi) is 3.43. The molecule has 17 heavy (non-hydrogen) atoms. The molecule has 1 aliphatic rings. The van der Waals surface area contributed by atoms with E-state index >= 15 is 0 Å². The van der Waals surface area contributed by atoms with Gasteiger partial charge in [-0.05, 0) is 35.9 Å². The van der Waals surface area contributed by atoms with Crippen molar-refractivity contribution in [2.45, 2.75) is 39.7 Å². The molecular weight excluding hydrogens is 210 g/mol. The van der Waals surface area contributed by atoms with Crippen molar-refractivity contribution in [3.63, 3.8) is 0 Å². The number of rotatable bonds is 3. The van der Waals surface area contributed by atoms with E-state index in [4.69, 9.17) is 10.5 Å². The number of ether oxygens (including phenoxy) is 1. The van der Waals surface area contributed by atoms with E-state index in [-0.39, 0.29) is 5.41 Å². The van der Waals surface area contributed by atoms with E-state index in [0.29, 0.717) is 12.0 Å². The molecule has 1 aliphatic heterocycles. The second kappa shape index (κ2) is 4.69. The van der Waals surface area contributed by atoms with Gasteiger partial charge in [0.1, 0.15) is 11.9 Å². The number of hydrogen-bond donors (Lipinski definition) is 1. The Hall–Kier alpha value is -1.02. The molecule has 94 valence electrons. The predicted octanol–water partition coefficient (Wildman–Crippen LogP) is 3.00. The number of benzene rings is 1. The van der Waals surface area contributed by atoms with Crippen molar-refractivity contribution in [2.24, 2.45) is 17.1 Å². The monoisotopic (exact) mass is 233 g/mol. The quantitative estimate of drug-likeness (QED) is 0.871. The second-order valence-electron chi connectivity index (χ2n) is 6.09. The van der Waals surface area contributed by atoms with Gasteiger partial charge >= 0.3 is 0 Å². The Morgan fingerprint density at radius 1 is 1.35 bits per heavy atom. The zero-order valence-electron chi connectivity index (χ0n) is 11.1. The van der Waals surface area contributed by atoms with Crippen LogP contribution in [-0.4, -0.2) is 12.6 Å². The van der Waals surface area contributed by atoms with Crippen molar-refractivity contribution in [1.29, 1.82) is 0 Å². The van der Waals surface area contributed by atoms with Crippen molar-refractivity contribution in [2.75, 3.05) is 6.54 Å². The van der Waals surface area contributed by atoms with Gasteiger partial charge in [-0.3, -0.25) is 0 Å². The summed E-state index contributed by atoms with van der Waals surface area (Å²) >= 11 is 0. The molecule has 2 rings (SSSR count). The molecule has 2 atom stereocenters. The average Bonchev–Trinajstić information content (AvgIpc) is 2.66. The Morgan fingerprint density at radius 3 is 2.65 bits per heavy atom. The van der Waals surface area contributed by atoms with Gasteiger partial charge in [-0.15, -0.1) is 0 Å². The third-order valence-electron chi connectivity index (χ3n) is 3.77. The van der Waals surface area contributed by atoms with Gasteiger partial charge in [0.25, 0.3) is 0 Å². The summed E-state index contributed by atoms with van der Waals surface area (Å²) in [5, 5.41) is 0. The largest absolute Gasteiger partial charge is 0.490 e. The first kappa shape index (κ1) is 12.4. The van der Waals surface area contributed by atoms with Gasteiger partial charge in [-0.25, -0.2) is 0 Å². The normalized spacial score (nSPS) is 20.8. The molecule has 2 N–H and O–H groups in total. The van der Waals surface area contributed by atoms with E-state index in [0.717, 1.165) is 25.1 Å². The smallest absolute Gasteiger partial charge is 0.123 e. The van der Waals surface area contributed by atoms with Crippen molar-refractivity contribution in [1.82, 2.24) is 0 Å². The van der Waals surface area contributed by atoms with Gasteiger partial charge in [0, 0.05) is 6.42 Å². The summed E-state index contributed by atoms with van der Waals surface area (Å²) in [5.41, 5.74) is 7.48. The summed E-state index contributed by atoms with van der Waals surface area (Å²) in [6.45, 7) is 7.51. The van der Waals surface area contributed by atoms with Crippen LogP contribution in [0.5, 0.6) is 5.75 Å². The standard InChI is InChI=1S/C15H23NO/c1-15(2,3)12(10-16)9-13-8-11-6-4-5-7-14(11)17-13/h4-7,12-13H,8-10,16H2,1-3H3. The lowest BCUT2D eigenvalue weighted by Gasteiger charge is -2.31. The molecule has 0 saturated heterocycles. The van der Waals surface area contributed by atoms with E-state index in [1.165, 1.54) is 5.56 Å². The molecule has 0 fully saturated rings. The Morgan fingerprint density at radius 2 is 2.06 bits per heavy atom. The summed E-state index contributed by atoms with van der Waals surface area (Å²) in [5.74, 6) is 1.57. The maximum Gasteiger partial charge on any atom is 0.123 e. The molecule has 0 radical (unpaired) electrons. The zero-order valence-corrected chi connectivity index (χ0v) is 11.1. The third kappa shape index (κ3) is 2.81. The van der Waals surface area contributed by atoms with Crippen LogP contribution in [0.2, 0.25) is 0 Å². The van der Waals surface area contributed by atoms with E-state index < -0.39 is 0 Å². The maximum atomic E-state index is 5.98. The van der Waals surface area contributed by atoms with Gasteiger partial charge in [0.2, 0.25) is 0 Å². The van der Waals surface area contributed by atoms with Crippen molar-refractivity contribution < 1.29 is 4.74 Å². The molecule has 0 spiro atoms. The van der Waals surface area contributed by atoms with Crippen LogP contribution in [0, 0.1) is 11.3 Å². The van der Waals surface area contributed by atoms with Crippen LogP contribution in [0.1, 0.15) is 32.8 Å². The first-order valence-electron chi connectivity index (χ1n) is 6.45. The highest BCUT2D eigenvalue weighted by atomic mass is 16.5. The summed E-state index contributed by atoms with van der Waals surface area (Å²) in [7, 11) is 0. The lowest BCUT2D eigenvalue weighted by Crippen LogP contribution is -2.32. The summed E-state index contributed by atoms with van der Waals surface area (Å²) < 4.78 is 5.98. The van der Waals surface area contributed by atoms with Gasteiger partial charge in [-0.1, -0.05) is 39.0 Å². The minimum atomic E-state index is 0.257. The molecule has 2 heteroatoms. The molecule has 0 saturated carbocycles. The van der Waals surface area contributed by atoms with Crippen LogP contribution < -0.4 is 10.5 Å². The molecule has 1 aromatic carbocycles. The molecule has 0 amide bonds. The Balaban J connectivity index is 2.00. The van der Waals surface area contributed by atoms with Crippen molar-refractivity contribution in [3.05, 3.63) is 29.8 Å². The highest BCUT2D eigenvalue weighted by Gasteiger charge is 2.30. The average molecular weight is 233 g/mol. The number of hydrogen-bond acceptors (Lipinski definition) is 2. The summed E-state index contributed by atoms with van der Waals surface area (Å²) in [6, 6.07) is 8.33. The third-order valence-corrected chi connectivity index (χ3v) is 3.77. The number of nitrogens with two attached hydrogens (primary N) is 1. The van der Waals surface area contributed by atoms with Gasteiger partial charge < -0.3 is 10.5 Å². The van der Waals surface area contributed by atoms with Crippen LogP contribution in [0.3, 0.4) is 0 Å². The van der Waals surface area contributed by atoms with Crippen LogP contribution in [0.25, 0.3) is 0 Å². The predicted molar refractivity (Wildman–Crippen MR) is 71.2 cm³/mol. The Labute approximate surface area is 104 Å². The molecule has 2 unspecified atom stereocenters. The lowest BCUT2D eigenvalue weighted by molar-refractivity contribution is 0.140. The highest BCUT2D eigenvalue weighted by molar-refractivity contribution is 5.37. The molecule has 1 aromatic rings. The minimum Gasteiger partial charge on any atom is -0.490 e. The summed E-state index contributed by atoms with van der Waals surface area (Å²) in [6.07, 6.45) is 2.39. The topological polar surface area (TPSA) is 35.2 Å². The molecular formula is C15H23NO. The maximum absolute atomic E-state index is 5.98. The van der Waals surface area contributed by atoms with E-state index in [1.54, 1.807) is 0 Å². The van der Waals surface area contributed by atoms with Crippen LogP contribution in [0.4, 0.5) is 0 Å². The van der Waals surface area contributed by atoms with Gasteiger partial charge in [0.15, 0.2) is 0 Å². The molecule has 1 heterocycles. The molecule has 0 aromatic heterocycles. The molecule has 0 bridgehead atoms. The fraction of sp³-hybridized carbons (Fsp3) is 0.600. The summed E-state index contributed by atoms with van der Waals surface area (Å²) in [4.78, 5) is 0. The first-order chi connectivity index (χ1) is 8.00. The molecule has 2 nitrogen and oxygen atoms in total. The van der Waals surface area contributed by atoms with Crippen LogP contribution >= 0.6 is 0 Å². The van der Waals surface area contributed by atoms with Crippen LogP contribution in [0.15, 0.2) is 24.3 Å². The zero-order chi connectivity index (χ0) is 12.5. The van der Waals surface area contributed by atoms with Crippen molar-refractivity contribution >= 4 is 0 Å². The van der Waals surface area contributed by atoms with E-state index in [1.807, 2.05) is 6.07 Å². The Bertz CT molecular complexity index is 356. The van der Waals surface area contributed by atoms with Crippen molar-refractivity contribution in [3.8, 4) is 5.75 Å². The van der Waals surface area contributed by atoms with E-state index in [9.17, 15) is 0 Å². The fourth-order valence-corrected chi connectivity index (χ4v) is 2.51. The van der Waals surface area contributed by atoms with Crippen LogP contribution in [-0.2, 0) is 6.42 Å². The van der Waals surface area contributed by atoms with E-state index in [2.05, 4.69) is 39.0 Å². The fourth-order valence-electron chi connectivity index (χ4n) is 2.51. The lowest BCUT2D eigenvalue weighted by atomic mass is 9.77. The molecule has 0 aliphatic carbocycles. The second-order valence-corrected chi connectivity index (χ2v) is 6.09. The minimum absolute atomic E-state index is 0.257.